The normalized spacial score (nSPS) is 10.3. The number of nitrogens with zero attached hydrogens (tertiary/aromatic N) is 5. The zero-order chi connectivity index (χ0) is 14.7. The molecule has 104 valence electrons. The summed E-state index contributed by atoms with van der Waals surface area (Å²) in [5, 5.41) is 6.98. The maximum atomic E-state index is 12.0. The van der Waals surface area contributed by atoms with Gasteiger partial charge in [0.25, 0.3) is 5.91 Å². The van der Waals surface area contributed by atoms with E-state index in [1.807, 2.05) is 12.1 Å². The van der Waals surface area contributed by atoms with E-state index in [4.69, 9.17) is 11.6 Å². The van der Waals surface area contributed by atoms with E-state index in [9.17, 15) is 4.79 Å². The van der Waals surface area contributed by atoms with Gasteiger partial charge in [0.05, 0.1) is 18.1 Å². The van der Waals surface area contributed by atoms with Crippen molar-refractivity contribution in [3.05, 3.63) is 60.2 Å². The van der Waals surface area contributed by atoms with E-state index < -0.39 is 0 Å². The van der Waals surface area contributed by atoms with Gasteiger partial charge in [0, 0.05) is 5.69 Å². The molecule has 0 unspecified atom stereocenters. The first-order valence-electron chi connectivity index (χ1n) is 5.96. The molecule has 0 bridgehead atoms. The summed E-state index contributed by atoms with van der Waals surface area (Å²) in [5.41, 5.74) is 1.68. The van der Waals surface area contributed by atoms with Crippen LogP contribution in [0.3, 0.4) is 0 Å². The lowest BCUT2D eigenvalue weighted by atomic mass is 10.2. The Labute approximate surface area is 124 Å². The van der Waals surface area contributed by atoms with Gasteiger partial charge in [-0.15, -0.1) is 0 Å². The Balaban J connectivity index is 1.73. The summed E-state index contributed by atoms with van der Waals surface area (Å²) < 4.78 is 1.62. The van der Waals surface area contributed by atoms with E-state index in [0.717, 1.165) is 5.69 Å². The van der Waals surface area contributed by atoms with Crippen molar-refractivity contribution in [1.82, 2.24) is 24.7 Å². The van der Waals surface area contributed by atoms with Crippen molar-refractivity contribution in [2.75, 3.05) is 5.32 Å². The van der Waals surface area contributed by atoms with Gasteiger partial charge in [0.1, 0.15) is 23.5 Å². The smallest absolute Gasteiger partial charge is 0.275 e. The lowest BCUT2D eigenvalue weighted by molar-refractivity contribution is 0.102. The fourth-order valence-electron chi connectivity index (χ4n) is 1.66. The Hall–Kier alpha value is -2.80. The van der Waals surface area contributed by atoms with Crippen LogP contribution in [0.15, 0.2) is 49.3 Å². The number of hydrogen-bond acceptors (Lipinski definition) is 5. The number of anilines is 1. The van der Waals surface area contributed by atoms with Gasteiger partial charge in [-0.3, -0.25) is 4.79 Å². The third-order valence-electron chi connectivity index (χ3n) is 2.66. The van der Waals surface area contributed by atoms with Crippen molar-refractivity contribution >= 4 is 23.2 Å². The Morgan fingerprint density at radius 1 is 1.14 bits per heavy atom. The first-order chi connectivity index (χ1) is 10.2. The van der Waals surface area contributed by atoms with Crippen molar-refractivity contribution in [2.45, 2.75) is 0 Å². The second kappa shape index (κ2) is 5.68. The topological polar surface area (TPSA) is 85.6 Å². The molecular formula is C13H9ClN6O. The number of hydrogen-bond donors (Lipinski definition) is 1. The zero-order valence-corrected chi connectivity index (χ0v) is 11.4. The predicted molar refractivity (Wildman–Crippen MR) is 76.4 cm³/mol. The van der Waals surface area contributed by atoms with Crippen molar-refractivity contribution in [2.24, 2.45) is 0 Å². The van der Waals surface area contributed by atoms with Crippen molar-refractivity contribution in [3.63, 3.8) is 0 Å². The third-order valence-corrected chi connectivity index (χ3v) is 2.86. The van der Waals surface area contributed by atoms with Crippen LogP contribution in [-0.2, 0) is 0 Å². The van der Waals surface area contributed by atoms with Gasteiger partial charge in [-0.2, -0.15) is 5.10 Å². The molecule has 21 heavy (non-hydrogen) atoms. The molecule has 3 rings (SSSR count). The monoisotopic (exact) mass is 300 g/mol. The average molecular weight is 301 g/mol. The van der Waals surface area contributed by atoms with Crippen LogP contribution < -0.4 is 5.32 Å². The van der Waals surface area contributed by atoms with Gasteiger partial charge in [0.15, 0.2) is 0 Å². The van der Waals surface area contributed by atoms with E-state index in [2.05, 4.69) is 25.4 Å². The molecule has 1 aromatic carbocycles. The van der Waals surface area contributed by atoms with Crippen LogP contribution in [0, 0.1) is 0 Å². The van der Waals surface area contributed by atoms with Crippen molar-refractivity contribution < 1.29 is 4.79 Å². The minimum Gasteiger partial charge on any atom is -0.321 e. The highest BCUT2D eigenvalue weighted by molar-refractivity contribution is 6.29. The first-order valence-corrected chi connectivity index (χ1v) is 6.34. The fourth-order valence-corrected chi connectivity index (χ4v) is 1.76. The molecule has 0 aliphatic carbocycles. The molecule has 0 radical (unpaired) electrons. The molecule has 1 N–H and O–H groups in total. The standard InChI is InChI=1S/C13H9ClN6O/c14-12-6-16-11(5-17-12)13(21)19-9-1-3-10(4-2-9)20-8-15-7-18-20/h1-8H,(H,19,21). The van der Waals surface area contributed by atoms with Gasteiger partial charge in [0.2, 0.25) is 0 Å². The summed E-state index contributed by atoms with van der Waals surface area (Å²) in [5.74, 6) is -0.354. The molecule has 2 heterocycles. The highest BCUT2D eigenvalue weighted by atomic mass is 35.5. The predicted octanol–water partition coefficient (Wildman–Crippen LogP) is 1.96. The van der Waals surface area contributed by atoms with E-state index in [1.165, 1.54) is 18.7 Å². The Morgan fingerprint density at radius 3 is 2.57 bits per heavy atom. The van der Waals surface area contributed by atoms with Crippen molar-refractivity contribution in [3.8, 4) is 5.69 Å². The van der Waals surface area contributed by atoms with Crippen LogP contribution in [0.1, 0.15) is 10.5 Å². The molecule has 0 aliphatic heterocycles. The number of halogens is 1. The second-order valence-electron chi connectivity index (χ2n) is 4.07. The number of aromatic nitrogens is 5. The number of rotatable bonds is 3. The minimum atomic E-state index is -0.354. The summed E-state index contributed by atoms with van der Waals surface area (Å²) >= 11 is 5.62. The first kappa shape index (κ1) is 13.2. The Morgan fingerprint density at radius 2 is 1.95 bits per heavy atom. The number of carbonyl (C=O) groups is 1. The highest BCUT2D eigenvalue weighted by Gasteiger charge is 2.08. The highest BCUT2D eigenvalue weighted by Crippen LogP contribution is 2.13. The van der Waals surface area contributed by atoms with Crippen LogP contribution in [0.4, 0.5) is 5.69 Å². The van der Waals surface area contributed by atoms with Gasteiger partial charge < -0.3 is 5.32 Å². The van der Waals surface area contributed by atoms with Gasteiger partial charge in [-0.05, 0) is 24.3 Å². The third kappa shape index (κ3) is 3.03. The molecule has 0 atom stereocenters. The maximum Gasteiger partial charge on any atom is 0.275 e. The molecule has 0 aliphatic rings. The zero-order valence-electron chi connectivity index (χ0n) is 10.6. The molecule has 2 aromatic heterocycles. The lowest BCUT2D eigenvalue weighted by Gasteiger charge is -2.06. The molecule has 3 aromatic rings. The van der Waals surface area contributed by atoms with Crippen LogP contribution in [-0.4, -0.2) is 30.6 Å². The number of amides is 1. The number of benzene rings is 1. The van der Waals surface area contributed by atoms with Crippen LogP contribution >= 0.6 is 11.6 Å². The molecular weight excluding hydrogens is 292 g/mol. The molecule has 0 spiro atoms. The van der Waals surface area contributed by atoms with Gasteiger partial charge in [-0.25, -0.2) is 19.6 Å². The van der Waals surface area contributed by atoms with Crippen molar-refractivity contribution in [1.29, 1.82) is 0 Å². The minimum absolute atomic E-state index is 0.194. The van der Waals surface area contributed by atoms with E-state index >= 15 is 0 Å². The molecule has 1 amide bonds. The van der Waals surface area contributed by atoms with Crippen LogP contribution in [0.25, 0.3) is 5.69 Å². The molecule has 0 saturated carbocycles. The van der Waals surface area contributed by atoms with Gasteiger partial charge in [-0.1, -0.05) is 11.6 Å². The Kier molecular flexibility index (Phi) is 3.57. The molecule has 0 fully saturated rings. The molecule has 0 saturated heterocycles. The van der Waals surface area contributed by atoms with E-state index in [0.29, 0.717) is 5.69 Å². The van der Waals surface area contributed by atoms with E-state index in [1.54, 1.807) is 23.1 Å². The summed E-state index contributed by atoms with van der Waals surface area (Å²) in [7, 11) is 0. The largest absolute Gasteiger partial charge is 0.321 e. The van der Waals surface area contributed by atoms with E-state index in [-0.39, 0.29) is 16.8 Å². The maximum absolute atomic E-state index is 12.0. The second-order valence-corrected chi connectivity index (χ2v) is 4.45. The molecule has 7 nitrogen and oxygen atoms in total. The molecule has 8 heteroatoms. The summed E-state index contributed by atoms with van der Waals surface area (Å²) in [4.78, 5) is 23.5. The SMILES string of the molecule is O=C(Nc1ccc(-n2cncn2)cc1)c1cnc(Cl)cn1. The number of nitrogens with one attached hydrogen (secondary N) is 1. The number of carbonyl (C=O) groups excluding carboxylic acids is 1. The lowest BCUT2D eigenvalue weighted by Crippen LogP contribution is -2.13. The van der Waals surface area contributed by atoms with Crippen LogP contribution in [0.5, 0.6) is 0 Å². The summed E-state index contributed by atoms with van der Waals surface area (Å²) in [6, 6.07) is 7.16. The summed E-state index contributed by atoms with van der Waals surface area (Å²) in [6.45, 7) is 0. The quantitative estimate of drug-likeness (QED) is 0.799. The van der Waals surface area contributed by atoms with Crippen LogP contribution in [0.2, 0.25) is 5.15 Å². The fraction of sp³-hybridized carbons (Fsp3) is 0. The van der Waals surface area contributed by atoms with Gasteiger partial charge >= 0.3 is 0 Å². The Bertz CT molecular complexity index is 739. The average Bonchev–Trinajstić information content (AvgIpc) is 3.03. The summed E-state index contributed by atoms with van der Waals surface area (Å²) in [6.07, 6.45) is 5.69.